The number of benzene rings is 1. The molecule has 1 aliphatic heterocycles. The average Bonchev–Trinajstić information content (AvgIpc) is 3.29. The largest absolute Gasteiger partial charge is 0.369 e. The Morgan fingerprint density at radius 2 is 1.94 bits per heavy atom. The molecule has 176 valence electrons. The van der Waals surface area contributed by atoms with Gasteiger partial charge < -0.3 is 26.2 Å². The van der Waals surface area contributed by atoms with Crippen LogP contribution in [0.2, 0.25) is 0 Å². The minimum Gasteiger partial charge on any atom is -0.369 e. The van der Waals surface area contributed by atoms with Crippen LogP contribution in [0.25, 0.3) is 0 Å². The fraction of sp³-hybridized carbons (Fsp3) is 0.478. The summed E-state index contributed by atoms with van der Waals surface area (Å²) in [5.74, 6) is 2.01. The van der Waals surface area contributed by atoms with Gasteiger partial charge in [-0.3, -0.25) is 4.79 Å². The third-order valence-corrected chi connectivity index (χ3v) is 6.48. The molecule has 2 unspecified atom stereocenters. The van der Waals surface area contributed by atoms with Gasteiger partial charge in [-0.25, -0.2) is 9.78 Å². The summed E-state index contributed by atoms with van der Waals surface area (Å²) < 4.78 is 0.760. The number of rotatable bonds is 9. The lowest BCUT2D eigenvalue weighted by Gasteiger charge is -2.16. The summed E-state index contributed by atoms with van der Waals surface area (Å²) in [6.07, 6.45) is 5.60. The van der Waals surface area contributed by atoms with Gasteiger partial charge in [0.25, 0.3) is 0 Å². The zero-order valence-corrected chi connectivity index (χ0v) is 20.3. The van der Waals surface area contributed by atoms with E-state index in [-0.39, 0.29) is 17.9 Å². The van der Waals surface area contributed by atoms with Crippen molar-refractivity contribution in [1.29, 1.82) is 0 Å². The van der Waals surface area contributed by atoms with Crippen LogP contribution in [0.4, 0.5) is 27.9 Å². The van der Waals surface area contributed by atoms with Gasteiger partial charge in [0, 0.05) is 49.7 Å². The Balaban J connectivity index is 1.27. The van der Waals surface area contributed by atoms with Crippen molar-refractivity contribution >= 4 is 51.0 Å². The second-order valence-corrected chi connectivity index (χ2v) is 9.47. The SMILES string of the molecule is CC1CC1C(=O)NCCCNc1nc(Nc2cccc(NC(=O)N3CCCC3)c2)ncc1Br. The molecule has 4 rings (SSSR count). The van der Waals surface area contributed by atoms with E-state index >= 15 is 0 Å². The maximum absolute atomic E-state index is 12.3. The van der Waals surface area contributed by atoms with Gasteiger partial charge in [-0.05, 0) is 65.7 Å². The second kappa shape index (κ2) is 10.8. The number of nitrogens with zero attached hydrogens (tertiary/aromatic N) is 3. The zero-order valence-electron chi connectivity index (χ0n) is 18.7. The number of hydrogen-bond acceptors (Lipinski definition) is 6. The molecule has 2 atom stereocenters. The van der Waals surface area contributed by atoms with Gasteiger partial charge in [-0.15, -0.1) is 0 Å². The number of urea groups is 1. The van der Waals surface area contributed by atoms with Crippen LogP contribution in [0.15, 0.2) is 34.9 Å². The Morgan fingerprint density at radius 1 is 1.18 bits per heavy atom. The molecule has 2 fully saturated rings. The van der Waals surface area contributed by atoms with E-state index in [2.05, 4.69) is 54.1 Å². The highest BCUT2D eigenvalue weighted by molar-refractivity contribution is 9.10. The lowest BCUT2D eigenvalue weighted by molar-refractivity contribution is -0.122. The number of hydrogen-bond donors (Lipinski definition) is 4. The molecule has 1 saturated heterocycles. The van der Waals surface area contributed by atoms with Crippen molar-refractivity contribution in [2.75, 3.05) is 42.1 Å². The number of halogens is 1. The highest BCUT2D eigenvalue weighted by Gasteiger charge is 2.38. The molecule has 1 aromatic carbocycles. The fourth-order valence-electron chi connectivity index (χ4n) is 3.80. The quantitative estimate of drug-likeness (QED) is 0.372. The average molecular weight is 516 g/mol. The summed E-state index contributed by atoms with van der Waals surface area (Å²) in [6.45, 7) is 5.02. The highest BCUT2D eigenvalue weighted by Crippen LogP contribution is 2.37. The van der Waals surface area contributed by atoms with Crippen LogP contribution in [0.3, 0.4) is 0 Å². The van der Waals surface area contributed by atoms with E-state index in [9.17, 15) is 9.59 Å². The van der Waals surface area contributed by atoms with Crippen LogP contribution in [-0.2, 0) is 4.79 Å². The molecule has 33 heavy (non-hydrogen) atoms. The van der Waals surface area contributed by atoms with Crippen molar-refractivity contribution in [3.05, 3.63) is 34.9 Å². The fourth-order valence-corrected chi connectivity index (χ4v) is 4.13. The second-order valence-electron chi connectivity index (χ2n) is 8.61. The topological polar surface area (TPSA) is 111 Å². The first-order chi connectivity index (χ1) is 16.0. The molecule has 2 aromatic rings. The summed E-state index contributed by atoms with van der Waals surface area (Å²) in [7, 11) is 0. The molecule has 0 bridgehead atoms. The minimum absolute atomic E-state index is 0.0705. The third-order valence-electron chi connectivity index (χ3n) is 5.90. The number of likely N-dealkylation sites (tertiary alicyclic amines) is 1. The number of nitrogens with one attached hydrogen (secondary N) is 4. The van der Waals surface area contributed by atoms with Gasteiger partial charge in [0.1, 0.15) is 5.82 Å². The van der Waals surface area contributed by atoms with Crippen molar-refractivity contribution in [1.82, 2.24) is 20.2 Å². The Kier molecular flexibility index (Phi) is 7.64. The molecule has 3 amide bonds. The molecule has 9 nitrogen and oxygen atoms in total. The van der Waals surface area contributed by atoms with Gasteiger partial charge in [0.05, 0.1) is 4.47 Å². The number of anilines is 4. The summed E-state index contributed by atoms with van der Waals surface area (Å²) in [5.41, 5.74) is 1.49. The molecule has 0 spiro atoms. The van der Waals surface area contributed by atoms with Crippen LogP contribution < -0.4 is 21.3 Å². The lowest BCUT2D eigenvalue weighted by Crippen LogP contribution is -2.32. The van der Waals surface area contributed by atoms with E-state index in [4.69, 9.17) is 0 Å². The third kappa shape index (κ3) is 6.56. The maximum atomic E-state index is 12.3. The van der Waals surface area contributed by atoms with Crippen LogP contribution in [-0.4, -0.2) is 53.0 Å². The Hall–Kier alpha value is -2.88. The van der Waals surface area contributed by atoms with E-state index < -0.39 is 0 Å². The Labute approximate surface area is 202 Å². The molecule has 1 aliphatic carbocycles. The van der Waals surface area contributed by atoms with Crippen molar-refractivity contribution in [2.45, 2.75) is 32.6 Å². The summed E-state index contributed by atoms with van der Waals surface area (Å²) in [5, 5.41) is 12.4. The van der Waals surface area contributed by atoms with Gasteiger partial charge in [-0.1, -0.05) is 13.0 Å². The monoisotopic (exact) mass is 515 g/mol. The van der Waals surface area contributed by atoms with Crippen LogP contribution in [0.1, 0.15) is 32.6 Å². The molecule has 1 aromatic heterocycles. The van der Waals surface area contributed by atoms with Gasteiger partial charge in [-0.2, -0.15) is 4.98 Å². The Morgan fingerprint density at radius 3 is 2.70 bits per heavy atom. The molecule has 10 heteroatoms. The molecule has 1 saturated carbocycles. The van der Waals surface area contributed by atoms with E-state index in [1.807, 2.05) is 29.2 Å². The predicted octanol–water partition coefficient (Wildman–Crippen LogP) is 4.18. The molecule has 2 heterocycles. The molecule has 2 aliphatic rings. The highest BCUT2D eigenvalue weighted by atomic mass is 79.9. The number of carbonyl (C=O) groups is 2. The summed E-state index contributed by atoms with van der Waals surface area (Å²) >= 11 is 3.48. The molecular weight excluding hydrogens is 486 g/mol. The predicted molar refractivity (Wildman–Crippen MR) is 133 cm³/mol. The van der Waals surface area contributed by atoms with Gasteiger partial charge >= 0.3 is 6.03 Å². The summed E-state index contributed by atoms with van der Waals surface area (Å²) in [4.78, 5) is 34.9. The molecule has 4 N–H and O–H groups in total. The van der Waals surface area contributed by atoms with Crippen molar-refractivity contribution in [3.8, 4) is 0 Å². The zero-order chi connectivity index (χ0) is 23.2. The van der Waals surface area contributed by atoms with Gasteiger partial charge in [0.15, 0.2) is 0 Å². The van der Waals surface area contributed by atoms with Crippen molar-refractivity contribution < 1.29 is 9.59 Å². The van der Waals surface area contributed by atoms with Crippen LogP contribution in [0, 0.1) is 11.8 Å². The van der Waals surface area contributed by atoms with Gasteiger partial charge in [0.2, 0.25) is 11.9 Å². The molecule has 0 radical (unpaired) electrons. The number of carbonyl (C=O) groups excluding carboxylic acids is 2. The van der Waals surface area contributed by atoms with Crippen molar-refractivity contribution in [3.63, 3.8) is 0 Å². The lowest BCUT2D eigenvalue weighted by atomic mass is 10.3. The molecular formula is C23H30BrN7O2. The normalized spacial score (nSPS) is 19.2. The smallest absolute Gasteiger partial charge is 0.321 e. The first-order valence-electron chi connectivity index (χ1n) is 11.5. The van der Waals surface area contributed by atoms with E-state index in [1.54, 1.807) is 6.20 Å². The van der Waals surface area contributed by atoms with E-state index in [1.165, 1.54) is 0 Å². The van der Waals surface area contributed by atoms with Crippen molar-refractivity contribution in [2.24, 2.45) is 11.8 Å². The summed E-state index contributed by atoms with van der Waals surface area (Å²) in [6, 6.07) is 7.41. The standard InChI is InChI=1S/C23H30BrN7O2/c1-15-12-18(15)21(32)26-9-5-8-25-20-19(24)14-27-22(30-20)28-16-6-4-7-17(13-16)29-23(33)31-10-2-3-11-31/h4,6-7,13-15,18H,2-3,5,8-12H2,1H3,(H,26,32)(H,29,33)(H2,25,27,28,30). The Bertz CT molecular complexity index is 997. The van der Waals surface area contributed by atoms with E-state index in [0.29, 0.717) is 30.8 Å². The first kappa shape index (κ1) is 23.3. The van der Waals surface area contributed by atoms with Crippen LogP contribution in [0.5, 0.6) is 0 Å². The minimum atomic E-state index is -0.0705. The van der Waals surface area contributed by atoms with E-state index in [0.717, 1.165) is 54.6 Å². The number of amides is 3. The maximum Gasteiger partial charge on any atom is 0.321 e. The first-order valence-corrected chi connectivity index (χ1v) is 12.3. The number of aromatic nitrogens is 2. The van der Waals surface area contributed by atoms with Crippen LogP contribution >= 0.6 is 15.9 Å².